The van der Waals surface area contributed by atoms with E-state index in [2.05, 4.69) is 24.0 Å². The average Bonchev–Trinajstić information content (AvgIpc) is 3.25. The molecule has 0 radical (unpaired) electrons. The third-order valence-electron chi connectivity index (χ3n) is 5.22. The SMILES string of the molecule is CC(CCN1CCn2cc(-c3nccs3)c(=O)c(O)c2C1=O)c1ccccc1. The Morgan fingerprint density at radius 1 is 1.21 bits per heavy atom. The molecule has 7 heteroatoms. The minimum Gasteiger partial charge on any atom is -0.503 e. The van der Waals surface area contributed by atoms with Crippen molar-refractivity contribution in [3.05, 3.63) is 69.6 Å². The van der Waals surface area contributed by atoms with Crippen molar-refractivity contribution in [1.29, 1.82) is 0 Å². The fraction of sp³-hybridized carbons (Fsp3) is 0.286. The number of carbonyl (C=O) groups excluding carboxylic acids is 1. The molecular weight excluding hydrogens is 374 g/mol. The van der Waals surface area contributed by atoms with E-state index in [1.165, 1.54) is 16.9 Å². The molecule has 3 aromatic rings. The van der Waals surface area contributed by atoms with Gasteiger partial charge in [0, 0.05) is 37.4 Å². The lowest BCUT2D eigenvalue weighted by molar-refractivity contribution is 0.0692. The predicted octanol–water partition coefficient (Wildman–Crippen LogP) is 3.33. The number of rotatable bonds is 5. The molecule has 0 saturated heterocycles. The molecule has 0 aliphatic carbocycles. The van der Waals surface area contributed by atoms with Gasteiger partial charge in [0.15, 0.2) is 11.4 Å². The summed E-state index contributed by atoms with van der Waals surface area (Å²) in [5.41, 5.74) is 1.09. The second-order valence-electron chi connectivity index (χ2n) is 6.99. The minimum atomic E-state index is -0.547. The van der Waals surface area contributed by atoms with Gasteiger partial charge in [-0.25, -0.2) is 4.98 Å². The Hall–Kier alpha value is -2.93. The first-order chi connectivity index (χ1) is 13.6. The molecule has 6 nitrogen and oxygen atoms in total. The minimum absolute atomic E-state index is 0.0731. The summed E-state index contributed by atoms with van der Waals surface area (Å²) in [4.78, 5) is 31.4. The maximum absolute atomic E-state index is 12.9. The highest BCUT2D eigenvalue weighted by atomic mass is 32.1. The maximum atomic E-state index is 12.9. The molecule has 1 atom stereocenters. The van der Waals surface area contributed by atoms with Crippen molar-refractivity contribution in [2.24, 2.45) is 0 Å². The van der Waals surface area contributed by atoms with Crippen molar-refractivity contribution in [3.63, 3.8) is 0 Å². The third-order valence-corrected chi connectivity index (χ3v) is 6.03. The standard InChI is InChI=1S/C21H21N3O3S/c1-14(15-5-3-2-4-6-15)7-9-23-10-11-24-13-16(20-22-8-12-28-20)18(25)19(26)17(24)21(23)27/h2-6,8,12-14,26H,7,9-11H2,1H3. The Bertz CT molecular complexity index is 1040. The number of hydrogen-bond donors (Lipinski definition) is 1. The number of thiazole rings is 1. The molecule has 1 amide bonds. The zero-order valence-corrected chi connectivity index (χ0v) is 16.4. The summed E-state index contributed by atoms with van der Waals surface area (Å²) >= 11 is 1.33. The van der Waals surface area contributed by atoms with E-state index in [-0.39, 0.29) is 11.6 Å². The first-order valence-electron chi connectivity index (χ1n) is 9.26. The third kappa shape index (κ3) is 3.33. The Morgan fingerprint density at radius 3 is 2.71 bits per heavy atom. The largest absolute Gasteiger partial charge is 0.503 e. The Balaban J connectivity index is 1.55. The summed E-state index contributed by atoms with van der Waals surface area (Å²) in [6.07, 6.45) is 4.07. The smallest absolute Gasteiger partial charge is 0.274 e. The number of hydrogen-bond acceptors (Lipinski definition) is 5. The molecule has 1 aliphatic heterocycles. The second-order valence-corrected chi connectivity index (χ2v) is 7.89. The van der Waals surface area contributed by atoms with Crippen LogP contribution in [0.5, 0.6) is 5.75 Å². The molecule has 4 rings (SSSR count). The van der Waals surface area contributed by atoms with Gasteiger partial charge in [-0.3, -0.25) is 9.59 Å². The van der Waals surface area contributed by atoms with Crippen LogP contribution < -0.4 is 5.43 Å². The van der Waals surface area contributed by atoms with Gasteiger partial charge in [0.1, 0.15) is 5.01 Å². The maximum Gasteiger partial charge on any atom is 0.274 e. The molecule has 1 aromatic carbocycles. The highest BCUT2D eigenvalue weighted by Crippen LogP contribution is 2.27. The van der Waals surface area contributed by atoms with Crippen LogP contribution >= 0.6 is 11.3 Å². The fourth-order valence-electron chi connectivity index (χ4n) is 3.55. The van der Waals surface area contributed by atoms with Crippen LogP contribution in [0.3, 0.4) is 0 Å². The molecule has 0 saturated carbocycles. The van der Waals surface area contributed by atoms with Crippen LogP contribution in [0.1, 0.15) is 35.3 Å². The summed E-state index contributed by atoms with van der Waals surface area (Å²) in [6, 6.07) is 10.2. The molecule has 1 aliphatic rings. The quantitative estimate of drug-likeness (QED) is 0.719. The molecule has 0 fully saturated rings. The summed E-state index contributed by atoms with van der Waals surface area (Å²) in [7, 11) is 0. The first kappa shape index (κ1) is 18.4. The number of aromatic hydroxyl groups is 1. The van der Waals surface area contributed by atoms with Crippen LogP contribution in [-0.4, -0.2) is 38.6 Å². The van der Waals surface area contributed by atoms with Crippen LogP contribution in [0.4, 0.5) is 0 Å². The first-order valence-corrected chi connectivity index (χ1v) is 10.1. The van der Waals surface area contributed by atoms with Gasteiger partial charge in [0.05, 0.1) is 5.56 Å². The van der Waals surface area contributed by atoms with Crippen LogP contribution in [0.25, 0.3) is 10.6 Å². The Kier molecular flexibility index (Phi) is 5.00. The zero-order valence-electron chi connectivity index (χ0n) is 15.5. The molecule has 1 unspecified atom stereocenters. The van der Waals surface area contributed by atoms with Gasteiger partial charge >= 0.3 is 0 Å². The van der Waals surface area contributed by atoms with Crippen LogP contribution in [0.2, 0.25) is 0 Å². The van der Waals surface area contributed by atoms with Crippen molar-refractivity contribution >= 4 is 17.2 Å². The molecule has 144 valence electrons. The van der Waals surface area contributed by atoms with Crippen molar-refractivity contribution < 1.29 is 9.90 Å². The summed E-state index contributed by atoms with van der Waals surface area (Å²) in [6.45, 7) is 3.80. The summed E-state index contributed by atoms with van der Waals surface area (Å²) in [5, 5.41) is 12.8. The van der Waals surface area contributed by atoms with Gasteiger partial charge in [-0.05, 0) is 17.9 Å². The number of carbonyl (C=O) groups is 1. The van der Waals surface area contributed by atoms with E-state index in [0.717, 1.165) is 6.42 Å². The highest BCUT2D eigenvalue weighted by Gasteiger charge is 2.30. The number of aromatic nitrogens is 2. The van der Waals surface area contributed by atoms with Crippen molar-refractivity contribution in [3.8, 4) is 16.3 Å². The molecule has 28 heavy (non-hydrogen) atoms. The zero-order chi connectivity index (χ0) is 19.7. The van der Waals surface area contributed by atoms with Crippen molar-refractivity contribution in [1.82, 2.24) is 14.5 Å². The lowest BCUT2D eigenvalue weighted by atomic mass is 9.97. The van der Waals surface area contributed by atoms with E-state index in [1.807, 2.05) is 18.2 Å². The van der Waals surface area contributed by atoms with Gasteiger partial charge in [0.25, 0.3) is 5.91 Å². The number of pyridine rings is 1. The Morgan fingerprint density at radius 2 is 2.00 bits per heavy atom. The van der Waals surface area contributed by atoms with E-state index in [0.29, 0.717) is 36.1 Å². The number of nitrogens with zero attached hydrogens (tertiary/aromatic N) is 3. The molecule has 0 bridgehead atoms. The van der Waals surface area contributed by atoms with Crippen LogP contribution in [0, 0.1) is 0 Å². The summed E-state index contributed by atoms with van der Waals surface area (Å²) in [5.74, 6) is -0.468. The molecule has 1 N–H and O–H groups in total. The van der Waals surface area contributed by atoms with Gasteiger partial charge in [0.2, 0.25) is 5.43 Å². The van der Waals surface area contributed by atoms with Crippen LogP contribution in [0.15, 0.2) is 52.9 Å². The molecule has 3 heterocycles. The van der Waals surface area contributed by atoms with Gasteiger partial charge in [-0.1, -0.05) is 37.3 Å². The Labute approximate surface area is 166 Å². The molecular formula is C21H21N3O3S. The van der Waals surface area contributed by atoms with Gasteiger partial charge in [-0.2, -0.15) is 0 Å². The average molecular weight is 395 g/mol. The molecule has 2 aromatic heterocycles. The lowest BCUT2D eigenvalue weighted by Gasteiger charge is -2.31. The topological polar surface area (TPSA) is 75.4 Å². The van der Waals surface area contributed by atoms with Crippen LogP contribution in [-0.2, 0) is 6.54 Å². The monoisotopic (exact) mass is 395 g/mol. The van der Waals surface area contributed by atoms with E-state index in [4.69, 9.17) is 0 Å². The van der Waals surface area contributed by atoms with Gasteiger partial charge in [-0.15, -0.1) is 11.3 Å². The van der Waals surface area contributed by atoms with Crippen molar-refractivity contribution in [2.75, 3.05) is 13.1 Å². The van der Waals surface area contributed by atoms with E-state index < -0.39 is 11.2 Å². The predicted molar refractivity (Wildman–Crippen MR) is 109 cm³/mol. The van der Waals surface area contributed by atoms with Crippen molar-refractivity contribution in [2.45, 2.75) is 25.8 Å². The van der Waals surface area contributed by atoms with E-state index >= 15 is 0 Å². The number of benzene rings is 1. The normalized spacial score (nSPS) is 14.8. The number of amides is 1. The van der Waals surface area contributed by atoms with Gasteiger partial charge < -0.3 is 14.6 Å². The lowest BCUT2D eigenvalue weighted by Crippen LogP contribution is -2.42. The second kappa shape index (κ2) is 7.59. The summed E-state index contributed by atoms with van der Waals surface area (Å²) < 4.78 is 1.67. The van der Waals surface area contributed by atoms with E-state index in [1.54, 1.807) is 27.2 Å². The highest BCUT2D eigenvalue weighted by molar-refractivity contribution is 7.13. The number of fused-ring (bicyclic) bond motifs is 1. The fourth-order valence-corrected chi connectivity index (χ4v) is 4.19. The molecule has 0 spiro atoms. The van der Waals surface area contributed by atoms with E-state index in [9.17, 15) is 14.7 Å².